The Kier molecular flexibility index (Phi) is 4.81. The van der Waals surface area contributed by atoms with E-state index in [1.54, 1.807) is 19.2 Å². The molecule has 0 bridgehead atoms. The molecule has 1 nitrogen and oxygen atoms in total. The maximum atomic E-state index is 13.9. The molecule has 2 aromatic rings. The van der Waals surface area contributed by atoms with Gasteiger partial charge in [-0.2, -0.15) is 0 Å². The van der Waals surface area contributed by atoms with Gasteiger partial charge in [0.15, 0.2) is 0 Å². The first-order valence-electron chi connectivity index (χ1n) is 5.98. The third-order valence-electron chi connectivity index (χ3n) is 3.08. The molecule has 0 aromatic heterocycles. The van der Waals surface area contributed by atoms with Crippen LogP contribution in [-0.4, -0.2) is 7.05 Å². The van der Waals surface area contributed by atoms with Crippen LogP contribution in [0.4, 0.5) is 4.39 Å². The summed E-state index contributed by atoms with van der Waals surface area (Å²) in [7, 11) is 1.78. The SMILES string of the molecule is CNC(Cc1ccccc1Cl)c1c(F)cccc1Cl. The summed E-state index contributed by atoms with van der Waals surface area (Å²) < 4.78 is 13.9. The highest BCUT2D eigenvalue weighted by molar-refractivity contribution is 6.31. The van der Waals surface area contributed by atoms with Crippen LogP contribution in [0.2, 0.25) is 10.0 Å². The normalized spacial score (nSPS) is 12.4. The van der Waals surface area contributed by atoms with Crippen molar-refractivity contribution in [1.29, 1.82) is 0 Å². The van der Waals surface area contributed by atoms with Crippen molar-refractivity contribution in [3.63, 3.8) is 0 Å². The van der Waals surface area contributed by atoms with Crippen molar-refractivity contribution in [3.8, 4) is 0 Å². The highest BCUT2D eigenvalue weighted by Crippen LogP contribution is 2.29. The lowest BCUT2D eigenvalue weighted by Gasteiger charge is -2.19. The van der Waals surface area contributed by atoms with Gasteiger partial charge in [0.2, 0.25) is 0 Å². The quantitative estimate of drug-likeness (QED) is 0.867. The Morgan fingerprint density at radius 3 is 2.37 bits per heavy atom. The third-order valence-corrected chi connectivity index (χ3v) is 3.78. The molecule has 4 heteroatoms. The van der Waals surface area contributed by atoms with Crippen LogP contribution in [0.3, 0.4) is 0 Å². The number of benzene rings is 2. The summed E-state index contributed by atoms with van der Waals surface area (Å²) in [5.41, 5.74) is 1.44. The van der Waals surface area contributed by atoms with Gasteiger partial charge in [-0.05, 0) is 37.2 Å². The van der Waals surface area contributed by atoms with Crippen LogP contribution in [0, 0.1) is 5.82 Å². The minimum atomic E-state index is -0.307. The van der Waals surface area contributed by atoms with Gasteiger partial charge in [-0.25, -0.2) is 4.39 Å². The summed E-state index contributed by atoms with van der Waals surface area (Å²) in [6.07, 6.45) is 0.580. The smallest absolute Gasteiger partial charge is 0.129 e. The zero-order chi connectivity index (χ0) is 13.8. The number of halogens is 3. The molecule has 1 unspecified atom stereocenters. The molecule has 0 aliphatic heterocycles. The number of nitrogens with one attached hydrogen (secondary N) is 1. The fraction of sp³-hybridized carbons (Fsp3) is 0.200. The molecule has 0 amide bonds. The van der Waals surface area contributed by atoms with Crippen LogP contribution >= 0.6 is 23.2 Å². The molecule has 2 rings (SSSR count). The van der Waals surface area contributed by atoms with Crippen molar-refractivity contribution < 1.29 is 4.39 Å². The first kappa shape index (κ1) is 14.3. The Labute approximate surface area is 122 Å². The molecule has 100 valence electrons. The lowest BCUT2D eigenvalue weighted by molar-refractivity contribution is 0.534. The molecule has 0 aliphatic carbocycles. The van der Waals surface area contributed by atoms with E-state index in [0.717, 1.165) is 5.56 Å². The van der Waals surface area contributed by atoms with Crippen LogP contribution in [-0.2, 0) is 6.42 Å². The Bertz CT molecular complexity index is 552. The molecule has 2 aromatic carbocycles. The maximum absolute atomic E-state index is 13.9. The van der Waals surface area contributed by atoms with E-state index in [0.29, 0.717) is 22.0 Å². The van der Waals surface area contributed by atoms with E-state index < -0.39 is 0 Å². The van der Waals surface area contributed by atoms with Crippen LogP contribution in [0.15, 0.2) is 42.5 Å². The van der Waals surface area contributed by atoms with Gasteiger partial charge in [-0.1, -0.05) is 47.5 Å². The van der Waals surface area contributed by atoms with Crippen molar-refractivity contribution in [3.05, 3.63) is 69.5 Å². The van der Waals surface area contributed by atoms with E-state index in [1.807, 2.05) is 24.3 Å². The molecule has 1 N–H and O–H groups in total. The van der Waals surface area contributed by atoms with Gasteiger partial charge in [0.1, 0.15) is 5.82 Å². The Morgan fingerprint density at radius 1 is 1.05 bits per heavy atom. The largest absolute Gasteiger partial charge is 0.313 e. The van der Waals surface area contributed by atoms with E-state index in [2.05, 4.69) is 5.32 Å². The van der Waals surface area contributed by atoms with Crippen LogP contribution in [0.25, 0.3) is 0 Å². The summed E-state index contributed by atoms with van der Waals surface area (Å²) in [4.78, 5) is 0. The molecular weight excluding hydrogens is 284 g/mol. The Hall–Kier alpha value is -1.09. The van der Waals surface area contributed by atoms with Crippen LogP contribution in [0.5, 0.6) is 0 Å². The van der Waals surface area contributed by atoms with Crippen LogP contribution in [0.1, 0.15) is 17.2 Å². The highest BCUT2D eigenvalue weighted by atomic mass is 35.5. The van der Waals surface area contributed by atoms with E-state index in [9.17, 15) is 4.39 Å². The molecule has 0 fully saturated rings. The number of hydrogen-bond donors (Lipinski definition) is 1. The topological polar surface area (TPSA) is 12.0 Å². The second kappa shape index (κ2) is 6.38. The first-order chi connectivity index (χ1) is 9.13. The fourth-order valence-electron chi connectivity index (χ4n) is 2.08. The molecule has 1 atom stereocenters. The lowest BCUT2D eigenvalue weighted by atomic mass is 9.98. The average molecular weight is 298 g/mol. The van der Waals surface area contributed by atoms with Crippen molar-refractivity contribution in [1.82, 2.24) is 5.32 Å². The van der Waals surface area contributed by atoms with Crippen molar-refractivity contribution in [2.24, 2.45) is 0 Å². The van der Waals surface area contributed by atoms with Gasteiger partial charge in [-0.3, -0.25) is 0 Å². The van der Waals surface area contributed by atoms with Crippen molar-refractivity contribution in [2.45, 2.75) is 12.5 Å². The van der Waals surface area contributed by atoms with Gasteiger partial charge in [0.05, 0.1) is 0 Å². The maximum Gasteiger partial charge on any atom is 0.129 e. The highest BCUT2D eigenvalue weighted by Gasteiger charge is 2.18. The monoisotopic (exact) mass is 297 g/mol. The van der Waals surface area contributed by atoms with Gasteiger partial charge in [-0.15, -0.1) is 0 Å². The molecular formula is C15H14Cl2FN. The van der Waals surface area contributed by atoms with E-state index >= 15 is 0 Å². The Balaban J connectivity index is 2.34. The summed E-state index contributed by atoms with van der Waals surface area (Å²) in [6.45, 7) is 0. The fourth-order valence-corrected chi connectivity index (χ4v) is 2.58. The molecule has 0 saturated heterocycles. The minimum Gasteiger partial charge on any atom is -0.313 e. The van der Waals surface area contributed by atoms with Crippen LogP contribution < -0.4 is 5.32 Å². The van der Waals surface area contributed by atoms with Gasteiger partial charge < -0.3 is 5.32 Å². The molecule has 0 heterocycles. The third kappa shape index (κ3) is 3.27. The minimum absolute atomic E-state index is 0.214. The Morgan fingerprint density at radius 2 is 1.74 bits per heavy atom. The molecule has 0 radical (unpaired) electrons. The average Bonchev–Trinajstić information content (AvgIpc) is 2.39. The number of hydrogen-bond acceptors (Lipinski definition) is 1. The van der Waals surface area contributed by atoms with Crippen molar-refractivity contribution >= 4 is 23.2 Å². The summed E-state index contributed by atoms with van der Waals surface area (Å²) in [5, 5.41) is 4.19. The zero-order valence-corrected chi connectivity index (χ0v) is 12.0. The van der Waals surface area contributed by atoms with E-state index in [1.165, 1.54) is 6.07 Å². The van der Waals surface area contributed by atoms with Gasteiger partial charge in [0.25, 0.3) is 0 Å². The summed E-state index contributed by atoms with van der Waals surface area (Å²) in [5.74, 6) is -0.307. The molecule has 0 saturated carbocycles. The van der Waals surface area contributed by atoms with Gasteiger partial charge in [0, 0.05) is 21.7 Å². The summed E-state index contributed by atoms with van der Waals surface area (Å²) >= 11 is 12.2. The van der Waals surface area contributed by atoms with E-state index in [-0.39, 0.29) is 11.9 Å². The molecule has 19 heavy (non-hydrogen) atoms. The second-order valence-corrected chi connectivity index (χ2v) is 5.09. The zero-order valence-electron chi connectivity index (χ0n) is 10.5. The first-order valence-corrected chi connectivity index (χ1v) is 6.73. The standard InChI is InChI=1S/C15H14Cl2FN/c1-19-14(9-10-5-2-3-6-11(10)16)15-12(17)7-4-8-13(15)18/h2-8,14,19H,9H2,1H3. The van der Waals surface area contributed by atoms with Gasteiger partial charge >= 0.3 is 0 Å². The van der Waals surface area contributed by atoms with E-state index in [4.69, 9.17) is 23.2 Å². The number of rotatable bonds is 4. The second-order valence-electron chi connectivity index (χ2n) is 4.27. The summed E-state index contributed by atoms with van der Waals surface area (Å²) in [6, 6.07) is 12.0. The molecule has 0 spiro atoms. The van der Waals surface area contributed by atoms with Crippen molar-refractivity contribution in [2.75, 3.05) is 7.05 Å². The lowest BCUT2D eigenvalue weighted by Crippen LogP contribution is -2.20. The predicted octanol–water partition coefficient (Wildman–Crippen LogP) is 4.64. The predicted molar refractivity (Wildman–Crippen MR) is 78.4 cm³/mol. The molecule has 0 aliphatic rings. The number of likely N-dealkylation sites (N-methyl/N-ethyl adjacent to an activating group) is 1.